The summed E-state index contributed by atoms with van der Waals surface area (Å²) >= 11 is 0. The second kappa shape index (κ2) is 9.09. The molecule has 0 bridgehead atoms. The minimum absolute atomic E-state index is 0.0230. The van der Waals surface area contributed by atoms with E-state index in [1.54, 1.807) is 12.3 Å². The fourth-order valence-corrected chi connectivity index (χ4v) is 1.99. The van der Waals surface area contributed by atoms with Gasteiger partial charge in [0, 0.05) is 13.1 Å². The molecule has 2 amide bonds. The van der Waals surface area contributed by atoms with Gasteiger partial charge >= 0.3 is 0 Å². The number of hydrogen-bond acceptors (Lipinski definition) is 5. The van der Waals surface area contributed by atoms with E-state index in [2.05, 4.69) is 34.4 Å². The van der Waals surface area contributed by atoms with Crippen molar-refractivity contribution in [3.05, 3.63) is 18.3 Å². The fourth-order valence-electron chi connectivity index (χ4n) is 1.99. The van der Waals surface area contributed by atoms with E-state index in [0.717, 1.165) is 18.9 Å². The number of pyridine rings is 1. The summed E-state index contributed by atoms with van der Waals surface area (Å²) in [6, 6.07) is 3.04. The highest BCUT2D eigenvalue weighted by Crippen LogP contribution is 2.13. The van der Waals surface area contributed by atoms with E-state index in [4.69, 9.17) is 5.73 Å². The Morgan fingerprint density at radius 1 is 1.26 bits per heavy atom. The summed E-state index contributed by atoms with van der Waals surface area (Å²) in [6.45, 7) is 9.46. The van der Waals surface area contributed by atoms with Crippen LogP contribution < -0.4 is 21.3 Å². The largest absolute Gasteiger partial charge is 0.357 e. The second-order valence-electron chi connectivity index (χ2n) is 5.61. The third kappa shape index (κ3) is 5.86. The Kier molecular flexibility index (Phi) is 7.47. The van der Waals surface area contributed by atoms with Crippen molar-refractivity contribution in [2.45, 2.75) is 33.7 Å². The maximum absolute atomic E-state index is 11.8. The van der Waals surface area contributed by atoms with E-state index >= 15 is 0 Å². The molecule has 0 aliphatic carbocycles. The lowest BCUT2D eigenvalue weighted by molar-refractivity contribution is -0.125. The lowest BCUT2D eigenvalue weighted by Gasteiger charge is -2.19. The molecule has 1 atom stereocenters. The quantitative estimate of drug-likeness (QED) is 0.662. The van der Waals surface area contributed by atoms with Gasteiger partial charge in [0.15, 0.2) is 0 Å². The molecule has 1 heterocycles. The van der Waals surface area contributed by atoms with Crippen LogP contribution in [0.1, 0.15) is 27.7 Å². The summed E-state index contributed by atoms with van der Waals surface area (Å²) in [7, 11) is 0. The van der Waals surface area contributed by atoms with Crippen LogP contribution in [0.3, 0.4) is 0 Å². The van der Waals surface area contributed by atoms with Crippen LogP contribution in [0.25, 0.3) is 0 Å². The molecule has 0 aliphatic rings. The number of carbonyl (C=O) groups excluding carboxylic acids is 2. The summed E-state index contributed by atoms with van der Waals surface area (Å²) < 4.78 is 0. The van der Waals surface area contributed by atoms with Crippen LogP contribution in [0, 0.1) is 5.92 Å². The van der Waals surface area contributed by atoms with Crippen molar-refractivity contribution < 1.29 is 9.59 Å². The molecule has 1 aromatic heterocycles. The second-order valence-corrected chi connectivity index (χ2v) is 5.61. The van der Waals surface area contributed by atoms with E-state index in [0.29, 0.717) is 5.69 Å². The molecule has 7 nitrogen and oxygen atoms in total. The van der Waals surface area contributed by atoms with Crippen molar-refractivity contribution in [1.82, 2.24) is 10.3 Å². The van der Waals surface area contributed by atoms with Crippen LogP contribution in [0.5, 0.6) is 0 Å². The van der Waals surface area contributed by atoms with Gasteiger partial charge in [-0.2, -0.15) is 0 Å². The van der Waals surface area contributed by atoms with Gasteiger partial charge in [0.2, 0.25) is 11.8 Å². The van der Waals surface area contributed by atoms with Gasteiger partial charge in [0.05, 0.1) is 24.5 Å². The standard InChI is InChI=1S/C16H27N5O2/c1-5-21(6-2)13-8-7-12(9-18-13)20-14(22)10-19-16(23)15(17)11(3)4/h7-9,11,15H,5-6,10,17H2,1-4H3,(H,19,23)(H,20,22)/t15-/m0/s1. The van der Waals surface area contributed by atoms with Crippen LogP contribution in [-0.4, -0.2) is 42.5 Å². The maximum Gasteiger partial charge on any atom is 0.243 e. The zero-order valence-corrected chi connectivity index (χ0v) is 14.3. The van der Waals surface area contributed by atoms with Gasteiger partial charge < -0.3 is 21.3 Å². The molecular formula is C16H27N5O2. The van der Waals surface area contributed by atoms with Crippen LogP contribution in [-0.2, 0) is 9.59 Å². The fraction of sp³-hybridized carbons (Fsp3) is 0.562. The van der Waals surface area contributed by atoms with Gasteiger partial charge in [0.25, 0.3) is 0 Å². The SMILES string of the molecule is CCN(CC)c1ccc(NC(=O)CNC(=O)[C@@H](N)C(C)C)cn1. The highest BCUT2D eigenvalue weighted by atomic mass is 16.2. The molecule has 0 aliphatic heterocycles. The number of rotatable bonds is 8. The van der Waals surface area contributed by atoms with E-state index < -0.39 is 6.04 Å². The predicted octanol–water partition coefficient (Wildman–Crippen LogP) is 0.966. The lowest BCUT2D eigenvalue weighted by atomic mass is 10.1. The molecule has 0 saturated carbocycles. The Hall–Kier alpha value is -2.15. The van der Waals surface area contributed by atoms with Gasteiger partial charge in [-0.3, -0.25) is 9.59 Å². The average Bonchev–Trinajstić information content (AvgIpc) is 2.54. The highest BCUT2D eigenvalue weighted by Gasteiger charge is 2.17. The van der Waals surface area contributed by atoms with Crippen molar-refractivity contribution in [1.29, 1.82) is 0 Å². The van der Waals surface area contributed by atoms with E-state index in [1.807, 2.05) is 19.9 Å². The Morgan fingerprint density at radius 2 is 1.91 bits per heavy atom. The van der Waals surface area contributed by atoms with Gasteiger partial charge in [-0.05, 0) is 31.9 Å². The molecule has 0 spiro atoms. The zero-order chi connectivity index (χ0) is 17.4. The molecule has 1 rings (SSSR count). The first-order valence-electron chi connectivity index (χ1n) is 7.93. The zero-order valence-electron chi connectivity index (χ0n) is 14.3. The van der Waals surface area contributed by atoms with Crippen molar-refractivity contribution in [2.24, 2.45) is 11.7 Å². The summed E-state index contributed by atoms with van der Waals surface area (Å²) in [5.41, 5.74) is 6.30. The van der Waals surface area contributed by atoms with Crippen LogP contribution in [0.2, 0.25) is 0 Å². The molecule has 23 heavy (non-hydrogen) atoms. The number of amides is 2. The van der Waals surface area contributed by atoms with Crippen LogP contribution >= 0.6 is 0 Å². The molecule has 4 N–H and O–H groups in total. The number of nitrogens with one attached hydrogen (secondary N) is 2. The average molecular weight is 321 g/mol. The van der Waals surface area contributed by atoms with Crippen molar-refractivity contribution >= 4 is 23.3 Å². The summed E-state index contributed by atoms with van der Waals surface area (Å²) in [6.07, 6.45) is 1.60. The third-order valence-corrected chi connectivity index (χ3v) is 3.56. The Bertz CT molecular complexity index is 512. The first-order chi connectivity index (χ1) is 10.9. The maximum atomic E-state index is 11.8. The van der Waals surface area contributed by atoms with Gasteiger partial charge in [-0.1, -0.05) is 13.8 Å². The molecule has 7 heteroatoms. The Labute approximate surface area is 137 Å². The van der Waals surface area contributed by atoms with Crippen molar-refractivity contribution in [2.75, 3.05) is 29.9 Å². The normalized spacial score (nSPS) is 11.9. The highest BCUT2D eigenvalue weighted by molar-refractivity contribution is 5.95. The summed E-state index contributed by atoms with van der Waals surface area (Å²) in [4.78, 5) is 30.0. The third-order valence-electron chi connectivity index (χ3n) is 3.56. The molecule has 0 fully saturated rings. The number of carbonyl (C=O) groups is 2. The van der Waals surface area contributed by atoms with E-state index in [1.165, 1.54) is 0 Å². The van der Waals surface area contributed by atoms with Crippen LogP contribution in [0.15, 0.2) is 18.3 Å². The van der Waals surface area contributed by atoms with Gasteiger partial charge in [-0.25, -0.2) is 4.98 Å². The molecular weight excluding hydrogens is 294 g/mol. The minimum atomic E-state index is -0.613. The van der Waals surface area contributed by atoms with Crippen molar-refractivity contribution in [3.63, 3.8) is 0 Å². The molecule has 1 aromatic rings. The number of aromatic nitrogens is 1. The smallest absolute Gasteiger partial charge is 0.243 e. The van der Waals surface area contributed by atoms with E-state index in [-0.39, 0.29) is 24.3 Å². The summed E-state index contributed by atoms with van der Waals surface area (Å²) in [5.74, 6) is 0.246. The first-order valence-corrected chi connectivity index (χ1v) is 7.93. The molecule has 0 radical (unpaired) electrons. The molecule has 128 valence electrons. The van der Waals surface area contributed by atoms with Gasteiger partial charge in [0.1, 0.15) is 5.82 Å². The number of hydrogen-bond donors (Lipinski definition) is 3. The number of nitrogens with zero attached hydrogens (tertiary/aromatic N) is 2. The monoisotopic (exact) mass is 321 g/mol. The minimum Gasteiger partial charge on any atom is -0.357 e. The Morgan fingerprint density at radius 3 is 2.39 bits per heavy atom. The summed E-state index contributed by atoms with van der Waals surface area (Å²) in [5, 5.41) is 5.22. The van der Waals surface area contributed by atoms with Crippen molar-refractivity contribution in [3.8, 4) is 0 Å². The topological polar surface area (TPSA) is 100 Å². The van der Waals surface area contributed by atoms with Crippen LogP contribution in [0.4, 0.5) is 11.5 Å². The molecule has 0 aromatic carbocycles. The lowest BCUT2D eigenvalue weighted by Crippen LogP contribution is -2.46. The molecule has 0 saturated heterocycles. The van der Waals surface area contributed by atoms with E-state index in [9.17, 15) is 9.59 Å². The predicted molar refractivity (Wildman–Crippen MR) is 92.3 cm³/mol. The first kappa shape index (κ1) is 18.9. The number of anilines is 2. The number of nitrogens with two attached hydrogens (primary N) is 1. The Balaban J connectivity index is 2.50. The van der Waals surface area contributed by atoms with Gasteiger partial charge in [-0.15, -0.1) is 0 Å². The molecule has 0 unspecified atom stereocenters.